The van der Waals surface area contributed by atoms with Crippen molar-refractivity contribution in [2.75, 3.05) is 24.8 Å². The minimum absolute atomic E-state index is 0.145. The Morgan fingerprint density at radius 3 is 3.07 bits per heavy atom. The van der Waals surface area contributed by atoms with Crippen LogP contribution in [-0.2, 0) is 4.79 Å². The largest absolute Gasteiger partial charge is 0.494 e. The van der Waals surface area contributed by atoms with Crippen molar-refractivity contribution >= 4 is 34.5 Å². The second-order valence-electron chi connectivity index (χ2n) is 6.08. The van der Waals surface area contributed by atoms with Gasteiger partial charge in [-0.1, -0.05) is 6.92 Å². The lowest BCUT2D eigenvalue weighted by Gasteiger charge is -2.18. The van der Waals surface area contributed by atoms with Crippen LogP contribution in [0.3, 0.4) is 0 Å². The van der Waals surface area contributed by atoms with Gasteiger partial charge in [-0.05, 0) is 30.7 Å². The molecule has 3 rings (SSSR count). The Balaban J connectivity index is 1.73. The number of ether oxygens (including phenoxy) is 1. The SMILES string of the molecule is CCCOc1ccc2nccc(C(=O)NCC(=O)N3CSC[C@H]3C#N)c2c1. The number of pyridine rings is 1. The van der Waals surface area contributed by atoms with Gasteiger partial charge in [0.15, 0.2) is 0 Å². The van der Waals surface area contributed by atoms with E-state index in [1.165, 1.54) is 16.7 Å². The van der Waals surface area contributed by atoms with Crippen LogP contribution in [0.4, 0.5) is 0 Å². The monoisotopic (exact) mass is 384 g/mol. The molecule has 7 nitrogen and oxygen atoms in total. The number of rotatable bonds is 6. The number of aromatic nitrogens is 1. The van der Waals surface area contributed by atoms with Crippen LogP contribution >= 0.6 is 11.8 Å². The number of fused-ring (bicyclic) bond motifs is 1. The highest BCUT2D eigenvalue weighted by Gasteiger charge is 2.29. The van der Waals surface area contributed by atoms with Crippen molar-refractivity contribution in [1.29, 1.82) is 5.26 Å². The topological polar surface area (TPSA) is 95.3 Å². The second kappa shape index (κ2) is 8.73. The summed E-state index contributed by atoms with van der Waals surface area (Å²) < 4.78 is 5.63. The number of thioether (sulfide) groups is 1. The van der Waals surface area contributed by atoms with E-state index in [0.717, 1.165) is 6.42 Å². The van der Waals surface area contributed by atoms with Gasteiger partial charge in [0.2, 0.25) is 5.91 Å². The highest BCUT2D eigenvalue weighted by Crippen LogP contribution is 2.23. The van der Waals surface area contributed by atoms with E-state index < -0.39 is 6.04 Å². The van der Waals surface area contributed by atoms with Crippen molar-refractivity contribution in [2.24, 2.45) is 0 Å². The highest BCUT2D eigenvalue weighted by atomic mass is 32.2. The molecule has 2 aromatic rings. The number of hydrogen-bond acceptors (Lipinski definition) is 6. The molecule has 140 valence electrons. The molecule has 1 aromatic heterocycles. The van der Waals surface area contributed by atoms with Crippen LogP contribution in [0.15, 0.2) is 30.5 Å². The standard InChI is InChI=1S/C19H20N4O3S/c1-2-7-26-14-3-4-17-16(8-14)15(5-6-21-17)19(25)22-10-18(24)23-12-27-11-13(23)9-20/h3-6,8,13H,2,7,10-12H2,1H3,(H,22,25)/t13-/m1/s1. The summed E-state index contributed by atoms with van der Waals surface area (Å²) in [6, 6.07) is 8.72. The van der Waals surface area contributed by atoms with E-state index in [-0.39, 0.29) is 18.4 Å². The zero-order valence-corrected chi connectivity index (χ0v) is 15.8. The van der Waals surface area contributed by atoms with Gasteiger partial charge in [0.25, 0.3) is 5.91 Å². The number of nitriles is 1. The van der Waals surface area contributed by atoms with Gasteiger partial charge < -0.3 is 15.0 Å². The van der Waals surface area contributed by atoms with E-state index in [9.17, 15) is 9.59 Å². The highest BCUT2D eigenvalue weighted by molar-refractivity contribution is 7.99. The third-order valence-corrected chi connectivity index (χ3v) is 5.19. The smallest absolute Gasteiger partial charge is 0.252 e. The van der Waals surface area contributed by atoms with Crippen molar-refractivity contribution in [1.82, 2.24) is 15.2 Å². The Hall–Kier alpha value is -2.79. The summed E-state index contributed by atoms with van der Waals surface area (Å²) in [5.41, 5.74) is 1.11. The fraction of sp³-hybridized carbons (Fsp3) is 0.368. The molecule has 2 amide bonds. The summed E-state index contributed by atoms with van der Waals surface area (Å²) in [5, 5.41) is 12.4. The van der Waals surface area contributed by atoms with E-state index in [1.54, 1.807) is 24.4 Å². The minimum atomic E-state index is -0.431. The molecule has 0 saturated carbocycles. The van der Waals surface area contributed by atoms with Crippen LogP contribution in [0, 0.1) is 11.3 Å². The molecule has 0 aliphatic carbocycles. The lowest BCUT2D eigenvalue weighted by molar-refractivity contribution is -0.129. The number of hydrogen-bond donors (Lipinski definition) is 1. The summed E-state index contributed by atoms with van der Waals surface area (Å²) in [5.74, 6) is 1.14. The molecule has 1 aliphatic rings. The van der Waals surface area contributed by atoms with Gasteiger partial charge in [0, 0.05) is 17.3 Å². The van der Waals surface area contributed by atoms with Gasteiger partial charge in [-0.15, -0.1) is 11.8 Å². The zero-order valence-electron chi connectivity index (χ0n) is 15.0. The predicted molar refractivity (Wildman–Crippen MR) is 103 cm³/mol. The first-order valence-corrected chi connectivity index (χ1v) is 9.86. The molecule has 0 bridgehead atoms. The Morgan fingerprint density at radius 1 is 1.44 bits per heavy atom. The summed E-state index contributed by atoms with van der Waals surface area (Å²) >= 11 is 1.53. The molecule has 1 aromatic carbocycles. The number of nitrogens with zero attached hydrogens (tertiary/aromatic N) is 3. The molecular weight excluding hydrogens is 364 g/mol. The van der Waals surface area contributed by atoms with Gasteiger partial charge >= 0.3 is 0 Å². The predicted octanol–water partition coefficient (Wildman–Crippen LogP) is 2.18. The fourth-order valence-corrected chi connectivity index (χ4v) is 3.88. The van der Waals surface area contributed by atoms with E-state index >= 15 is 0 Å². The van der Waals surface area contributed by atoms with Crippen molar-refractivity contribution in [2.45, 2.75) is 19.4 Å². The second-order valence-corrected chi connectivity index (χ2v) is 7.08. The molecule has 0 radical (unpaired) electrons. The maximum Gasteiger partial charge on any atom is 0.252 e. The van der Waals surface area contributed by atoms with Crippen molar-refractivity contribution in [3.05, 3.63) is 36.0 Å². The lowest BCUT2D eigenvalue weighted by Crippen LogP contribution is -2.42. The number of carbonyl (C=O) groups is 2. The average Bonchev–Trinajstić information content (AvgIpc) is 3.18. The molecule has 0 unspecified atom stereocenters. The Labute approximate surface area is 161 Å². The number of benzene rings is 1. The van der Waals surface area contributed by atoms with Crippen LogP contribution in [0.5, 0.6) is 5.75 Å². The van der Waals surface area contributed by atoms with Crippen molar-refractivity contribution in [3.63, 3.8) is 0 Å². The van der Waals surface area contributed by atoms with Crippen molar-refractivity contribution in [3.8, 4) is 11.8 Å². The quantitative estimate of drug-likeness (QED) is 0.820. The first kappa shape index (κ1) is 19.0. The molecule has 1 saturated heterocycles. The van der Waals surface area contributed by atoms with E-state index in [1.807, 2.05) is 13.0 Å². The van der Waals surface area contributed by atoms with Crippen LogP contribution in [0.1, 0.15) is 23.7 Å². The molecule has 27 heavy (non-hydrogen) atoms. The molecule has 1 aliphatic heterocycles. The van der Waals surface area contributed by atoms with Gasteiger partial charge in [-0.25, -0.2) is 0 Å². The fourth-order valence-electron chi connectivity index (χ4n) is 2.78. The van der Waals surface area contributed by atoms with Gasteiger partial charge in [-0.2, -0.15) is 5.26 Å². The third-order valence-electron chi connectivity index (χ3n) is 4.18. The third kappa shape index (κ3) is 4.31. The lowest BCUT2D eigenvalue weighted by atomic mass is 10.1. The van der Waals surface area contributed by atoms with Crippen LogP contribution in [0.2, 0.25) is 0 Å². The Morgan fingerprint density at radius 2 is 2.30 bits per heavy atom. The molecule has 8 heteroatoms. The van der Waals surface area contributed by atoms with E-state index in [2.05, 4.69) is 16.4 Å². The first-order valence-electron chi connectivity index (χ1n) is 8.70. The summed E-state index contributed by atoms with van der Waals surface area (Å²) in [7, 11) is 0. The first-order chi connectivity index (χ1) is 13.1. The molecule has 2 heterocycles. The average molecular weight is 384 g/mol. The molecular formula is C19H20N4O3S. The molecule has 1 fully saturated rings. The molecule has 1 N–H and O–H groups in total. The molecule has 0 spiro atoms. The van der Waals surface area contributed by atoms with Crippen LogP contribution in [0.25, 0.3) is 10.9 Å². The number of amides is 2. The van der Waals surface area contributed by atoms with Crippen LogP contribution in [-0.4, -0.2) is 52.5 Å². The number of nitrogens with one attached hydrogen (secondary N) is 1. The van der Waals surface area contributed by atoms with Crippen molar-refractivity contribution < 1.29 is 14.3 Å². The Bertz CT molecular complexity index is 896. The zero-order chi connectivity index (χ0) is 19.2. The van der Waals surface area contributed by atoms with Gasteiger partial charge in [-0.3, -0.25) is 14.6 Å². The molecule has 1 atom stereocenters. The van der Waals surface area contributed by atoms with Crippen LogP contribution < -0.4 is 10.1 Å². The minimum Gasteiger partial charge on any atom is -0.494 e. The maximum absolute atomic E-state index is 12.6. The normalized spacial score (nSPS) is 16.1. The maximum atomic E-state index is 12.6. The Kier molecular flexibility index (Phi) is 6.14. The van der Waals surface area contributed by atoms with Gasteiger partial charge in [0.1, 0.15) is 11.8 Å². The summed E-state index contributed by atoms with van der Waals surface area (Å²) in [6.45, 7) is 2.47. The van der Waals surface area contributed by atoms with E-state index in [0.29, 0.717) is 40.5 Å². The number of carbonyl (C=O) groups excluding carboxylic acids is 2. The summed E-state index contributed by atoms with van der Waals surface area (Å²) in [6.07, 6.45) is 2.45. The van der Waals surface area contributed by atoms with E-state index in [4.69, 9.17) is 10.00 Å². The summed E-state index contributed by atoms with van der Waals surface area (Å²) in [4.78, 5) is 30.7. The van der Waals surface area contributed by atoms with Gasteiger partial charge in [0.05, 0.1) is 36.2 Å².